The van der Waals surface area contributed by atoms with E-state index in [2.05, 4.69) is 5.32 Å². The van der Waals surface area contributed by atoms with Gasteiger partial charge in [0, 0.05) is 28.9 Å². The van der Waals surface area contributed by atoms with Gasteiger partial charge in [-0.3, -0.25) is 9.59 Å². The molecule has 2 aromatic rings. The summed E-state index contributed by atoms with van der Waals surface area (Å²) in [4.78, 5) is 27.3. The van der Waals surface area contributed by atoms with Crippen molar-refractivity contribution in [2.75, 3.05) is 12.3 Å². The van der Waals surface area contributed by atoms with Crippen LogP contribution < -0.4 is 5.32 Å². The molecule has 168 valence electrons. The molecule has 0 aliphatic heterocycles. The van der Waals surface area contributed by atoms with E-state index in [1.54, 1.807) is 24.0 Å². The van der Waals surface area contributed by atoms with E-state index in [9.17, 15) is 14.0 Å². The van der Waals surface area contributed by atoms with Crippen LogP contribution in [0.4, 0.5) is 4.39 Å². The average molecular weight is 465 g/mol. The molecule has 0 bridgehead atoms. The van der Waals surface area contributed by atoms with Crippen LogP contribution in [0.3, 0.4) is 0 Å². The van der Waals surface area contributed by atoms with Gasteiger partial charge in [-0.2, -0.15) is 0 Å². The summed E-state index contributed by atoms with van der Waals surface area (Å²) in [6.07, 6.45) is 1.47. The minimum Gasteiger partial charge on any atom is -0.352 e. The first-order chi connectivity index (χ1) is 14.8. The molecule has 0 saturated heterocycles. The highest BCUT2D eigenvalue weighted by Crippen LogP contribution is 2.24. The zero-order chi connectivity index (χ0) is 22.8. The van der Waals surface area contributed by atoms with E-state index in [-0.39, 0.29) is 35.2 Å². The number of nitrogens with zero attached hydrogens (tertiary/aromatic N) is 1. The number of amides is 2. The summed E-state index contributed by atoms with van der Waals surface area (Å²) in [6.45, 7) is 6.12. The van der Waals surface area contributed by atoms with Gasteiger partial charge in [0.15, 0.2) is 0 Å². The van der Waals surface area contributed by atoms with Crippen LogP contribution in [0.5, 0.6) is 0 Å². The van der Waals surface area contributed by atoms with E-state index in [1.807, 2.05) is 44.2 Å². The number of hydrogen-bond donors (Lipinski definition) is 1. The number of carbonyl (C=O) groups excluding carboxylic acids is 2. The maximum absolute atomic E-state index is 14.0. The highest BCUT2D eigenvalue weighted by Gasteiger charge is 2.26. The van der Waals surface area contributed by atoms with E-state index in [4.69, 9.17) is 11.6 Å². The Morgan fingerprint density at radius 1 is 1.13 bits per heavy atom. The minimum absolute atomic E-state index is 0.0404. The molecule has 0 saturated carbocycles. The van der Waals surface area contributed by atoms with Crippen LogP contribution in [0.2, 0.25) is 5.02 Å². The van der Waals surface area contributed by atoms with E-state index >= 15 is 0 Å². The Kier molecular flexibility index (Phi) is 10.3. The number of carbonyl (C=O) groups is 2. The Hall–Kier alpha value is -2.05. The summed E-state index contributed by atoms with van der Waals surface area (Å²) < 4.78 is 14.0. The quantitative estimate of drug-likeness (QED) is 0.504. The fraction of sp³-hybridized carbons (Fsp3) is 0.417. The average Bonchev–Trinajstić information content (AvgIpc) is 2.76. The van der Waals surface area contributed by atoms with Crippen LogP contribution in [-0.2, 0) is 21.8 Å². The Bertz CT molecular complexity index is 846. The molecule has 7 heteroatoms. The van der Waals surface area contributed by atoms with Crippen LogP contribution in [0.25, 0.3) is 0 Å². The Morgan fingerprint density at radius 2 is 1.84 bits per heavy atom. The lowest BCUT2D eigenvalue weighted by Gasteiger charge is -2.29. The zero-order valence-electron chi connectivity index (χ0n) is 18.2. The third-order valence-corrected chi connectivity index (χ3v) is 6.48. The third kappa shape index (κ3) is 7.86. The van der Waals surface area contributed by atoms with Crippen LogP contribution >= 0.6 is 23.4 Å². The Morgan fingerprint density at radius 3 is 2.48 bits per heavy atom. The number of thioether (sulfide) groups is 1. The minimum atomic E-state index is -0.595. The first-order valence-electron chi connectivity index (χ1n) is 10.5. The van der Waals surface area contributed by atoms with Crippen molar-refractivity contribution >= 4 is 35.2 Å². The largest absolute Gasteiger partial charge is 0.352 e. The number of rotatable bonds is 11. The number of halogens is 2. The molecule has 0 spiro atoms. The predicted octanol–water partition coefficient (Wildman–Crippen LogP) is 5.09. The van der Waals surface area contributed by atoms with Crippen molar-refractivity contribution in [2.45, 2.75) is 51.4 Å². The highest BCUT2D eigenvalue weighted by atomic mass is 35.5. The number of benzene rings is 2. The van der Waals surface area contributed by atoms with Crippen molar-refractivity contribution in [2.24, 2.45) is 0 Å². The smallest absolute Gasteiger partial charge is 0.242 e. The van der Waals surface area contributed by atoms with Crippen molar-refractivity contribution in [3.63, 3.8) is 0 Å². The summed E-state index contributed by atoms with van der Waals surface area (Å²) in [5.41, 5.74) is 1.49. The fourth-order valence-corrected chi connectivity index (χ4v) is 4.28. The van der Waals surface area contributed by atoms with Crippen LogP contribution in [0.1, 0.15) is 38.3 Å². The summed E-state index contributed by atoms with van der Waals surface area (Å²) in [5, 5.41) is 3.30. The molecule has 0 heterocycles. The van der Waals surface area contributed by atoms with Gasteiger partial charge >= 0.3 is 0 Å². The Labute approximate surface area is 193 Å². The standard InChI is InChI=1S/C24H30ClFN2O2S/c1-4-17(2)27-24(30)18(3)28(14-13-19-9-6-5-7-10-19)23(29)16-31-15-20-21(25)11-8-12-22(20)26/h5-12,17-18H,4,13-16H2,1-3H3,(H,27,30)/t17-,18-/m0/s1. The van der Waals surface area contributed by atoms with Gasteiger partial charge in [0.1, 0.15) is 11.9 Å². The van der Waals surface area contributed by atoms with Gasteiger partial charge in [0.25, 0.3) is 0 Å². The molecule has 0 unspecified atom stereocenters. The lowest BCUT2D eigenvalue weighted by Crippen LogP contribution is -2.51. The van der Waals surface area contributed by atoms with E-state index in [1.165, 1.54) is 17.8 Å². The van der Waals surface area contributed by atoms with Crippen molar-refractivity contribution in [3.05, 3.63) is 70.5 Å². The van der Waals surface area contributed by atoms with Gasteiger partial charge < -0.3 is 10.2 Å². The summed E-state index contributed by atoms with van der Waals surface area (Å²) in [5.74, 6) is -0.273. The molecule has 1 N–H and O–H groups in total. The molecule has 0 aromatic heterocycles. The monoisotopic (exact) mass is 464 g/mol. The lowest BCUT2D eigenvalue weighted by atomic mass is 10.1. The Balaban J connectivity index is 2.04. The second kappa shape index (κ2) is 12.7. The predicted molar refractivity (Wildman–Crippen MR) is 127 cm³/mol. The summed E-state index contributed by atoms with van der Waals surface area (Å²) in [7, 11) is 0. The molecule has 0 aliphatic carbocycles. The summed E-state index contributed by atoms with van der Waals surface area (Å²) >= 11 is 7.37. The van der Waals surface area contributed by atoms with Gasteiger partial charge in [-0.15, -0.1) is 11.8 Å². The highest BCUT2D eigenvalue weighted by molar-refractivity contribution is 7.99. The van der Waals surface area contributed by atoms with Gasteiger partial charge in [0.2, 0.25) is 11.8 Å². The molecule has 0 radical (unpaired) electrons. The zero-order valence-corrected chi connectivity index (χ0v) is 19.8. The number of nitrogens with one attached hydrogen (secondary N) is 1. The molecular weight excluding hydrogens is 435 g/mol. The van der Waals surface area contributed by atoms with Crippen molar-refractivity contribution in [1.82, 2.24) is 10.2 Å². The first-order valence-corrected chi connectivity index (χ1v) is 12.0. The third-order valence-electron chi connectivity index (χ3n) is 5.19. The van der Waals surface area contributed by atoms with Crippen LogP contribution in [0.15, 0.2) is 48.5 Å². The maximum Gasteiger partial charge on any atom is 0.242 e. The van der Waals surface area contributed by atoms with Gasteiger partial charge in [0.05, 0.1) is 5.75 Å². The number of hydrogen-bond acceptors (Lipinski definition) is 3. The van der Waals surface area contributed by atoms with Crippen LogP contribution in [-0.4, -0.2) is 41.1 Å². The molecule has 2 atom stereocenters. The molecule has 0 fully saturated rings. The first kappa shape index (κ1) is 25.2. The fourth-order valence-electron chi connectivity index (χ4n) is 3.03. The van der Waals surface area contributed by atoms with Crippen LogP contribution in [0, 0.1) is 5.82 Å². The molecule has 0 aliphatic rings. The van der Waals surface area contributed by atoms with Gasteiger partial charge in [-0.1, -0.05) is 54.9 Å². The van der Waals surface area contributed by atoms with E-state index in [0.29, 0.717) is 23.6 Å². The second-order valence-electron chi connectivity index (χ2n) is 7.51. The summed E-state index contributed by atoms with van der Waals surface area (Å²) in [6, 6.07) is 13.8. The van der Waals surface area contributed by atoms with E-state index < -0.39 is 6.04 Å². The topological polar surface area (TPSA) is 49.4 Å². The second-order valence-corrected chi connectivity index (χ2v) is 8.90. The lowest BCUT2D eigenvalue weighted by molar-refractivity contribution is -0.138. The normalized spacial score (nSPS) is 12.8. The van der Waals surface area contributed by atoms with Crippen molar-refractivity contribution in [3.8, 4) is 0 Å². The molecule has 2 rings (SSSR count). The molecular formula is C24H30ClFN2O2S. The maximum atomic E-state index is 14.0. The molecule has 2 aromatic carbocycles. The molecule has 2 amide bonds. The molecule has 4 nitrogen and oxygen atoms in total. The van der Waals surface area contributed by atoms with Crippen molar-refractivity contribution in [1.29, 1.82) is 0 Å². The SMILES string of the molecule is CC[C@H](C)NC(=O)[C@H](C)N(CCc1ccccc1)C(=O)CSCc1c(F)cccc1Cl. The van der Waals surface area contributed by atoms with Crippen molar-refractivity contribution < 1.29 is 14.0 Å². The van der Waals surface area contributed by atoms with E-state index in [0.717, 1.165) is 12.0 Å². The molecule has 31 heavy (non-hydrogen) atoms. The van der Waals surface area contributed by atoms with Gasteiger partial charge in [-0.25, -0.2) is 4.39 Å². The van der Waals surface area contributed by atoms with Gasteiger partial charge in [-0.05, 0) is 44.4 Å².